The number of nitro groups is 1. The van der Waals surface area contributed by atoms with Crippen molar-refractivity contribution >= 4 is 32.7 Å². The second kappa shape index (κ2) is 3.43. The molecule has 76 valence electrons. The summed E-state index contributed by atoms with van der Waals surface area (Å²) in [6.45, 7) is 0. The van der Waals surface area contributed by atoms with E-state index in [0.717, 1.165) is 6.20 Å². The third-order valence-corrected chi connectivity index (χ3v) is 2.31. The number of hydrogen-bond donors (Lipinski definition) is 1. The smallest absolute Gasteiger partial charge is 0.334 e. The molecular formula is C8H4BrN3O3. The van der Waals surface area contributed by atoms with E-state index < -0.39 is 16.0 Å². The molecule has 0 saturated heterocycles. The van der Waals surface area contributed by atoms with Gasteiger partial charge < -0.3 is 4.98 Å². The lowest BCUT2D eigenvalue weighted by atomic mass is 10.3. The number of hydrogen-bond acceptors (Lipinski definition) is 4. The normalized spacial score (nSPS) is 10.5. The minimum absolute atomic E-state index is 0.0542. The summed E-state index contributed by atoms with van der Waals surface area (Å²) in [5.41, 5.74) is -0.671. The number of aromatic amines is 1. The van der Waals surface area contributed by atoms with Crippen molar-refractivity contribution in [3.05, 3.63) is 43.3 Å². The molecule has 6 nitrogen and oxygen atoms in total. The van der Waals surface area contributed by atoms with Crippen LogP contribution in [0.1, 0.15) is 0 Å². The first kappa shape index (κ1) is 9.78. The third-order valence-electron chi connectivity index (χ3n) is 1.87. The molecule has 0 spiro atoms. The van der Waals surface area contributed by atoms with Gasteiger partial charge in [-0.3, -0.25) is 14.9 Å². The first-order chi connectivity index (χ1) is 7.09. The topological polar surface area (TPSA) is 88.9 Å². The number of nitrogens with one attached hydrogen (secondary N) is 1. The van der Waals surface area contributed by atoms with Crippen molar-refractivity contribution in [3.63, 3.8) is 0 Å². The summed E-state index contributed by atoms with van der Waals surface area (Å²) in [6.07, 6.45) is 1.07. The largest absolute Gasteiger partial charge is 0.354 e. The Labute approximate surface area is 91.2 Å². The Kier molecular flexibility index (Phi) is 2.24. The van der Waals surface area contributed by atoms with E-state index in [0.29, 0.717) is 10.1 Å². The SMILES string of the molecule is O=c1c([N+](=O)[O-])c[nH]c2ccc(Br)nc12. The molecule has 2 aromatic heterocycles. The van der Waals surface area contributed by atoms with Gasteiger partial charge in [-0.1, -0.05) is 0 Å². The van der Waals surface area contributed by atoms with Gasteiger partial charge in [-0.2, -0.15) is 0 Å². The molecule has 2 rings (SSSR count). The van der Waals surface area contributed by atoms with Crippen LogP contribution in [0.2, 0.25) is 0 Å². The Morgan fingerprint density at radius 1 is 1.47 bits per heavy atom. The minimum Gasteiger partial charge on any atom is -0.354 e. The van der Waals surface area contributed by atoms with Crippen LogP contribution in [-0.2, 0) is 0 Å². The standard InChI is InChI=1S/C8H4BrN3O3/c9-6-2-1-4-7(11-6)8(13)5(3-10-4)12(14)15/h1-3H,(H,10,13). The van der Waals surface area contributed by atoms with Gasteiger partial charge in [0.15, 0.2) is 0 Å². The third kappa shape index (κ3) is 1.61. The molecule has 0 fully saturated rings. The van der Waals surface area contributed by atoms with E-state index in [2.05, 4.69) is 25.9 Å². The molecule has 15 heavy (non-hydrogen) atoms. The average molecular weight is 270 g/mol. The summed E-state index contributed by atoms with van der Waals surface area (Å²) >= 11 is 3.09. The maximum absolute atomic E-state index is 11.6. The van der Waals surface area contributed by atoms with Gasteiger partial charge in [-0.05, 0) is 28.1 Å². The molecular weight excluding hydrogens is 266 g/mol. The van der Waals surface area contributed by atoms with Gasteiger partial charge >= 0.3 is 5.69 Å². The Bertz CT molecular complexity index is 608. The predicted molar refractivity (Wildman–Crippen MR) is 56.7 cm³/mol. The van der Waals surface area contributed by atoms with E-state index in [9.17, 15) is 14.9 Å². The number of pyridine rings is 2. The summed E-state index contributed by atoms with van der Waals surface area (Å²) in [7, 11) is 0. The zero-order valence-electron chi connectivity index (χ0n) is 7.23. The van der Waals surface area contributed by atoms with Gasteiger partial charge in [-0.25, -0.2) is 4.98 Å². The lowest BCUT2D eigenvalue weighted by Crippen LogP contribution is -2.10. The second-order valence-corrected chi connectivity index (χ2v) is 3.60. The Morgan fingerprint density at radius 3 is 2.87 bits per heavy atom. The van der Waals surface area contributed by atoms with Crippen molar-refractivity contribution in [2.75, 3.05) is 0 Å². The summed E-state index contributed by atoms with van der Waals surface area (Å²) in [5, 5.41) is 10.5. The number of fused-ring (bicyclic) bond motifs is 1. The van der Waals surface area contributed by atoms with Crippen LogP contribution in [0.15, 0.2) is 27.7 Å². The quantitative estimate of drug-likeness (QED) is 0.484. The molecule has 0 aliphatic carbocycles. The monoisotopic (exact) mass is 269 g/mol. The van der Waals surface area contributed by atoms with Crippen molar-refractivity contribution in [1.29, 1.82) is 0 Å². The number of aromatic nitrogens is 2. The zero-order valence-corrected chi connectivity index (χ0v) is 8.82. The van der Waals surface area contributed by atoms with Crippen LogP contribution in [0.4, 0.5) is 5.69 Å². The summed E-state index contributed by atoms with van der Waals surface area (Å²) in [4.78, 5) is 27.9. The van der Waals surface area contributed by atoms with E-state index in [4.69, 9.17) is 0 Å². The van der Waals surface area contributed by atoms with Crippen molar-refractivity contribution < 1.29 is 4.92 Å². The molecule has 2 aromatic rings. The van der Waals surface area contributed by atoms with E-state index in [1.54, 1.807) is 12.1 Å². The molecule has 0 amide bonds. The van der Waals surface area contributed by atoms with Crippen LogP contribution < -0.4 is 5.43 Å². The van der Waals surface area contributed by atoms with Crippen molar-refractivity contribution in [2.24, 2.45) is 0 Å². The predicted octanol–water partition coefficient (Wildman–Crippen LogP) is 1.59. The lowest BCUT2D eigenvalue weighted by Gasteiger charge is -1.97. The van der Waals surface area contributed by atoms with Crippen molar-refractivity contribution in [2.45, 2.75) is 0 Å². The fourth-order valence-corrected chi connectivity index (χ4v) is 1.50. The van der Waals surface area contributed by atoms with Gasteiger partial charge in [0.2, 0.25) is 0 Å². The van der Waals surface area contributed by atoms with Crippen LogP contribution in [0.3, 0.4) is 0 Å². The molecule has 2 heterocycles. The summed E-state index contributed by atoms with van der Waals surface area (Å²) in [6, 6.07) is 3.27. The Balaban J connectivity index is 2.89. The van der Waals surface area contributed by atoms with Gasteiger partial charge in [0.05, 0.1) is 16.6 Å². The highest BCUT2D eigenvalue weighted by atomic mass is 79.9. The first-order valence-electron chi connectivity index (χ1n) is 3.92. The van der Waals surface area contributed by atoms with Gasteiger partial charge in [0.1, 0.15) is 10.1 Å². The molecule has 0 aromatic carbocycles. The first-order valence-corrected chi connectivity index (χ1v) is 4.71. The molecule has 0 radical (unpaired) electrons. The summed E-state index contributed by atoms with van der Waals surface area (Å²) in [5.74, 6) is 0. The molecule has 0 atom stereocenters. The van der Waals surface area contributed by atoms with Crippen molar-refractivity contribution in [3.8, 4) is 0 Å². The van der Waals surface area contributed by atoms with Crippen LogP contribution in [-0.4, -0.2) is 14.9 Å². The molecule has 7 heteroatoms. The molecule has 0 aliphatic rings. The van der Waals surface area contributed by atoms with Crippen LogP contribution in [0.5, 0.6) is 0 Å². The fourth-order valence-electron chi connectivity index (χ4n) is 1.19. The van der Waals surface area contributed by atoms with Crippen LogP contribution >= 0.6 is 15.9 Å². The molecule has 0 unspecified atom stereocenters. The second-order valence-electron chi connectivity index (χ2n) is 2.79. The lowest BCUT2D eigenvalue weighted by molar-refractivity contribution is -0.386. The van der Waals surface area contributed by atoms with E-state index >= 15 is 0 Å². The number of H-pyrrole nitrogens is 1. The van der Waals surface area contributed by atoms with E-state index in [-0.39, 0.29) is 5.52 Å². The number of rotatable bonds is 1. The minimum atomic E-state index is -0.735. The van der Waals surface area contributed by atoms with Crippen LogP contribution in [0, 0.1) is 10.1 Å². The average Bonchev–Trinajstić information content (AvgIpc) is 2.19. The number of nitrogens with zero attached hydrogens (tertiary/aromatic N) is 2. The van der Waals surface area contributed by atoms with E-state index in [1.807, 2.05) is 0 Å². The fraction of sp³-hybridized carbons (Fsp3) is 0. The highest BCUT2D eigenvalue weighted by Crippen LogP contribution is 2.13. The maximum atomic E-state index is 11.6. The van der Waals surface area contributed by atoms with Gasteiger partial charge in [0, 0.05) is 0 Å². The molecule has 0 saturated carbocycles. The maximum Gasteiger partial charge on any atom is 0.334 e. The molecule has 0 aliphatic heterocycles. The summed E-state index contributed by atoms with van der Waals surface area (Å²) < 4.78 is 0.459. The highest BCUT2D eigenvalue weighted by Gasteiger charge is 2.15. The van der Waals surface area contributed by atoms with Crippen LogP contribution in [0.25, 0.3) is 11.0 Å². The van der Waals surface area contributed by atoms with Gasteiger partial charge in [-0.15, -0.1) is 0 Å². The molecule has 1 N–H and O–H groups in total. The number of halogens is 1. The Morgan fingerprint density at radius 2 is 2.20 bits per heavy atom. The van der Waals surface area contributed by atoms with Crippen molar-refractivity contribution in [1.82, 2.24) is 9.97 Å². The Hall–Kier alpha value is -1.76. The highest BCUT2D eigenvalue weighted by molar-refractivity contribution is 9.10. The van der Waals surface area contributed by atoms with E-state index in [1.165, 1.54) is 0 Å². The van der Waals surface area contributed by atoms with Gasteiger partial charge in [0.25, 0.3) is 5.43 Å². The molecule has 0 bridgehead atoms. The zero-order chi connectivity index (χ0) is 11.0.